The van der Waals surface area contributed by atoms with Gasteiger partial charge in [-0.15, -0.1) is 0 Å². The average molecular weight is 139 g/mol. The van der Waals surface area contributed by atoms with Crippen molar-refractivity contribution >= 4 is 5.91 Å². The highest BCUT2D eigenvalue weighted by Crippen LogP contribution is 2.41. The van der Waals surface area contributed by atoms with Gasteiger partial charge in [-0.05, 0) is 24.7 Å². The Hall–Kier alpha value is -0.530. The summed E-state index contributed by atoms with van der Waals surface area (Å²) in [6.07, 6.45) is 2.70. The fourth-order valence-corrected chi connectivity index (χ4v) is 1.85. The van der Waals surface area contributed by atoms with Crippen LogP contribution < -0.4 is 5.32 Å². The highest BCUT2D eigenvalue weighted by Gasteiger charge is 2.41. The molecule has 2 fully saturated rings. The van der Waals surface area contributed by atoms with Crippen molar-refractivity contribution in [2.45, 2.75) is 19.8 Å². The van der Waals surface area contributed by atoms with Crippen LogP contribution in [0.3, 0.4) is 0 Å². The zero-order valence-corrected chi connectivity index (χ0v) is 6.26. The highest BCUT2D eigenvalue weighted by molar-refractivity contribution is 5.80. The first-order valence-electron chi connectivity index (χ1n) is 4.07. The van der Waals surface area contributed by atoms with Gasteiger partial charge >= 0.3 is 0 Å². The minimum atomic E-state index is 0.261. The number of hydrogen-bond acceptors (Lipinski definition) is 1. The molecule has 1 aliphatic heterocycles. The molecule has 2 rings (SSSR count). The van der Waals surface area contributed by atoms with E-state index in [0.29, 0.717) is 5.92 Å². The minimum absolute atomic E-state index is 0.261. The van der Waals surface area contributed by atoms with Gasteiger partial charge in [-0.25, -0.2) is 0 Å². The molecule has 10 heavy (non-hydrogen) atoms. The van der Waals surface area contributed by atoms with E-state index >= 15 is 0 Å². The molecular formula is C8H13NO. The zero-order chi connectivity index (χ0) is 7.14. The van der Waals surface area contributed by atoms with Gasteiger partial charge < -0.3 is 5.32 Å². The molecule has 0 spiro atoms. The lowest BCUT2D eigenvalue weighted by atomic mass is 9.93. The summed E-state index contributed by atoms with van der Waals surface area (Å²) in [5.41, 5.74) is 0. The summed E-state index contributed by atoms with van der Waals surface area (Å²) >= 11 is 0. The summed E-state index contributed by atoms with van der Waals surface area (Å²) in [6, 6.07) is 0. The maximum Gasteiger partial charge on any atom is 0.223 e. The number of amides is 1. The second-order valence-corrected chi connectivity index (χ2v) is 3.54. The first-order valence-corrected chi connectivity index (χ1v) is 4.07. The number of hydrogen-bond donors (Lipinski definition) is 1. The molecule has 1 amide bonds. The van der Waals surface area contributed by atoms with Crippen molar-refractivity contribution < 1.29 is 4.79 Å². The van der Waals surface area contributed by atoms with Crippen LogP contribution in [-0.2, 0) is 4.79 Å². The van der Waals surface area contributed by atoms with Crippen LogP contribution in [0.25, 0.3) is 0 Å². The molecule has 1 aliphatic carbocycles. The van der Waals surface area contributed by atoms with E-state index in [1.165, 1.54) is 12.8 Å². The number of rotatable bonds is 1. The summed E-state index contributed by atoms with van der Waals surface area (Å²) in [4.78, 5) is 11.0. The summed E-state index contributed by atoms with van der Waals surface area (Å²) in [7, 11) is 0. The molecule has 1 saturated carbocycles. The van der Waals surface area contributed by atoms with Crippen molar-refractivity contribution in [2.24, 2.45) is 17.8 Å². The second kappa shape index (κ2) is 1.97. The molecule has 0 bridgehead atoms. The second-order valence-electron chi connectivity index (χ2n) is 3.54. The monoisotopic (exact) mass is 139 g/mol. The molecule has 1 heterocycles. The molecule has 1 saturated heterocycles. The lowest BCUT2D eigenvalue weighted by molar-refractivity contribution is -0.122. The quantitative estimate of drug-likeness (QED) is 0.571. The van der Waals surface area contributed by atoms with Gasteiger partial charge in [0.15, 0.2) is 0 Å². The van der Waals surface area contributed by atoms with Crippen molar-refractivity contribution in [3.05, 3.63) is 0 Å². The SMILES string of the molecule is CC1C(=O)NCC1C1CC1. The fraction of sp³-hybridized carbons (Fsp3) is 0.875. The van der Waals surface area contributed by atoms with Gasteiger partial charge in [-0.1, -0.05) is 6.92 Å². The van der Waals surface area contributed by atoms with Crippen LogP contribution >= 0.6 is 0 Å². The summed E-state index contributed by atoms with van der Waals surface area (Å²) in [5, 5.41) is 2.90. The van der Waals surface area contributed by atoms with Gasteiger partial charge in [0, 0.05) is 12.5 Å². The van der Waals surface area contributed by atoms with E-state index in [-0.39, 0.29) is 11.8 Å². The molecule has 0 aromatic carbocycles. The van der Waals surface area contributed by atoms with Crippen LogP contribution in [0.15, 0.2) is 0 Å². The molecule has 0 radical (unpaired) electrons. The van der Waals surface area contributed by atoms with E-state index in [1.54, 1.807) is 0 Å². The van der Waals surface area contributed by atoms with E-state index in [9.17, 15) is 4.79 Å². The zero-order valence-electron chi connectivity index (χ0n) is 6.26. The molecular weight excluding hydrogens is 126 g/mol. The number of carbonyl (C=O) groups excluding carboxylic acids is 1. The topological polar surface area (TPSA) is 29.1 Å². The molecule has 2 unspecified atom stereocenters. The number of nitrogens with one attached hydrogen (secondary N) is 1. The van der Waals surface area contributed by atoms with Gasteiger partial charge in [0.1, 0.15) is 0 Å². The van der Waals surface area contributed by atoms with Crippen molar-refractivity contribution in [1.82, 2.24) is 5.32 Å². The Kier molecular flexibility index (Phi) is 1.22. The third kappa shape index (κ3) is 0.825. The van der Waals surface area contributed by atoms with E-state index in [0.717, 1.165) is 12.5 Å². The normalized spacial score (nSPS) is 39.9. The smallest absolute Gasteiger partial charge is 0.223 e. The molecule has 56 valence electrons. The molecule has 2 heteroatoms. The molecule has 1 N–H and O–H groups in total. The van der Waals surface area contributed by atoms with Crippen molar-refractivity contribution in [2.75, 3.05) is 6.54 Å². The Bertz CT molecular complexity index is 163. The van der Waals surface area contributed by atoms with Crippen LogP contribution in [0.1, 0.15) is 19.8 Å². The van der Waals surface area contributed by atoms with Crippen LogP contribution in [0.2, 0.25) is 0 Å². The maximum absolute atomic E-state index is 11.0. The van der Waals surface area contributed by atoms with Gasteiger partial charge in [0.05, 0.1) is 0 Å². The summed E-state index contributed by atoms with van der Waals surface area (Å²) in [5.74, 6) is 2.07. The van der Waals surface area contributed by atoms with Crippen LogP contribution in [0.5, 0.6) is 0 Å². The minimum Gasteiger partial charge on any atom is -0.356 e. The van der Waals surface area contributed by atoms with E-state index in [1.807, 2.05) is 6.92 Å². The lowest BCUT2D eigenvalue weighted by Crippen LogP contribution is -2.17. The van der Waals surface area contributed by atoms with Crippen molar-refractivity contribution in [1.29, 1.82) is 0 Å². The number of carbonyl (C=O) groups is 1. The van der Waals surface area contributed by atoms with Gasteiger partial charge in [0.2, 0.25) is 5.91 Å². The first-order chi connectivity index (χ1) is 4.79. The summed E-state index contributed by atoms with van der Waals surface area (Å²) < 4.78 is 0. The van der Waals surface area contributed by atoms with Crippen molar-refractivity contribution in [3.63, 3.8) is 0 Å². The fourth-order valence-electron chi connectivity index (χ4n) is 1.85. The van der Waals surface area contributed by atoms with Crippen LogP contribution in [0.4, 0.5) is 0 Å². The Morgan fingerprint density at radius 1 is 1.50 bits per heavy atom. The maximum atomic E-state index is 11.0. The largest absolute Gasteiger partial charge is 0.356 e. The average Bonchev–Trinajstić information content (AvgIpc) is 2.67. The Balaban J connectivity index is 2.03. The van der Waals surface area contributed by atoms with Crippen molar-refractivity contribution in [3.8, 4) is 0 Å². The molecule has 2 atom stereocenters. The van der Waals surface area contributed by atoms with E-state index in [2.05, 4.69) is 5.32 Å². The highest BCUT2D eigenvalue weighted by atomic mass is 16.2. The van der Waals surface area contributed by atoms with Crippen LogP contribution in [-0.4, -0.2) is 12.5 Å². The standard InChI is InChI=1S/C8H13NO/c1-5-7(6-2-3-6)4-9-8(5)10/h5-7H,2-4H2,1H3,(H,9,10). The summed E-state index contributed by atoms with van der Waals surface area (Å²) in [6.45, 7) is 2.98. The lowest BCUT2D eigenvalue weighted by Gasteiger charge is -2.08. The molecule has 2 aliphatic rings. The molecule has 0 aromatic heterocycles. The van der Waals surface area contributed by atoms with E-state index < -0.39 is 0 Å². The third-order valence-electron chi connectivity index (χ3n) is 2.80. The molecule has 2 nitrogen and oxygen atoms in total. The Labute approximate surface area is 61.0 Å². The van der Waals surface area contributed by atoms with E-state index in [4.69, 9.17) is 0 Å². The van der Waals surface area contributed by atoms with Gasteiger partial charge in [-0.2, -0.15) is 0 Å². The van der Waals surface area contributed by atoms with Crippen LogP contribution in [0, 0.1) is 17.8 Å². The molecule has 0 aromatic rings. The predicted molar refractivity (Wildman–Crippen MR) is 38.4 cm³/mol. The van der Waals surface area contributed by atoms with Gasteiger partial charge in [0.25, 0.3) is 0 Å². The predicted octanol–water partition coefficient (Wildman–Crippen LogP) is 0.778. The van der Waals surface area contributed by atoms with Gasteiger partial charge in [-0.3, -0.25) is 4.79 Å². The third-order valence-corrected chi connectivity index (χ3v) is 2.80. The first kappa shape index (κ1) is 6.20. The Morgan fingerprint density at radius 2 is 2.20 bits per heavy atom. The Morgan fingerprint density at radius 3 is 2.60 bits per heavy atom.